The summed E-state index contributed by atoms with van der Waals surface area (Å²) < 4.78 is 5.59. The first-order valence-electron chi connectivity index (χ1n) is 5.67. The molecule has 0 amide bonds. The average Bonchev–Trinajstić information content (AvgIpc) is 2.31. The summed E-state index contributed by atoms with van der Waals surface area (Å²) >= 11 is 6.01. The Morgan fingerprint density at radius 1 is 1.53 bits per heavy atom. The molecule has 1 aromatic rings. The van der Waals surface area contributed by atoms with Crippen molar-refractivity contribution in [3.8, 4) is 0 Å². The minimum atomic E-state index is -0.169. The molecule has 0 spiro atoms. The van der Waals surface area contributed by atoms with E-state index in [1.165, 1.54) is 0 Å². The van der Waals surface area contributed by atoms with E-state index < -0.39 is 0 Å². The number of nitrogens with two attached hydrogens (primary N) is 1. The van der Waals surface area contributed by atoms with Gasteiger partial charge in [0.15, 0.2) is 0 Å². The lowest BCUT2D eigenvalue weighted by molar-refractivity contribution is -0.0420. The van der Waals surface area contributed by atoms with E-state index in [2.05, 4.69) is 4.90 Å². The van der Waals surface area contributed by atoms with Gasteiger partial charge in [-0.2, -0.15) is 0 Å². The topological polar surface area (TPSA) is 58.7 Å². The van der Waals surface area contributed by atoms with Gasteiger partial charge in [-0.1, -0.05) is 17.7 Å². The zero-order valence-electron chi connectivity index (χ0n) is 9.77. The summed E-state index contributed by atoms with van der Waals surface area (Å²) in [5, 5.41) is 9.75. The van der Waals surface area contributed by atoms with Crippen molar-refractivity contribution in [3.63, 3.8) is 0 Å². The zero-order chi connectivity index (χ0) is 12.4. The van der Waals surface area contributed by atoms with Crippen LogP contribution in [0, 0.1) is 0 Å². The summed E-state index contributed by atoms with van der Waals surface area (Å²) in [7, 11) is 0. The summed E-state index contributed by atoms with van der Waals surface area (Å²) in [6.45, 7) is 3.38. The molecule has 1 heterocycles. The third-order valence-electron chi connectivity index (χ3n) is 2.90. The Bertz CT molecular complexity index is 400. The molecule has 3 N–H and O–H groups in total. The number of morpholine rings is 1. The predicted molar refractivity (Wildman–Crippen MR) is 69.5 cm³/mol. The molecule has 4 nitrogen and oxygen atoms in total. The van der Waals surface area contributed by atoms with Gasteiger partial charge in [-0.15, -0.1) is 0 Å². The van der Waals surface area contributed by atoms with Crippen LogP contribution in [0.2, 0.25) is 5.02 Å². The second-order valence-electron chi connectivity index (χ2n) is 4.33. The van der Waals surface area contributed by atoms with Crippen LogP contribution in [0.4, 0.5) is 11.4 Å². The van der Waals surface area contributed by atoms with Gasteiger partial charge in [-0.3, -0.25) is 0 Å². The van der Waals surface area contributed by atoms with Crippen LogP contribution in [0.5, 0.6) is 0 Å². The lowest BCUT2D eigenvalue weighted by Gasteiger charge is -2.38. The highest BCUT2D eigenvalue weighted by Crippen LogP contribution is 2.31. The van der Waals surface area contributed by atoms with Crippen molar-refractivity contribution >= 4 is 23.0 Å². The number of aliphatic hydroxyl groups is 1. The van der Waals surface area contributed by atoms with Gasteiger partial charge in [0, 0.05) is 13.1 Å². The molecule has 2 atom stereocenters. The van der Waals surface area contributed by atoms with Crippen LogP contribution >= 0.6 is 11.6 Å². The molecule has 0 radical (unpaired) electrons. The molecule has 1 aliphatic heterocycles. The first-order chi connectivity index (χ1) is 8.11. The van der Waals surface area contributed by atoms with Gasteiger partial charge in [0.1, 0.15) is 0 Å². The molecular weight excluding hydrogens is 240 g/mol. The number of halogens is 1. The van der Waals surface area contributed by atoms with Gasteiger partial charge in [0.2, 0.25) is 0 Å². The molecule has 94 valence electrons. The molecule has 0 saturated carbocycles. The van der Waals surface area contributed by atoms with Gasteiger partial charge in [0.25, 0.3) is 0 Å². The Hall–Kier alpha value is -0.970. The zero-order valence-corrected chi connectivity index (χ0v) is 10.5. The third-order valence-corrected chi connectivity index (χ3v) is 3.23. The number of anilines is 2. The Kier molecular flexibility index (Phi) is 3.76. The predicted octanol–water partition coefficient (Wildman–Crippen LogP) is 1.51. The van der Waals surface area contributed by atoms with E-state index in [0.29, 0.717) is 17.3 Å². The standard InChI is InChI=1S/C12H17ClN2O2/c1-8-5-15(6-9(7-16)17-8)11-4-2-3-10(13)12(11)14/h2-4,8-9,16H,5-7,14H2,1H3. The second-order valence-corrected chi connectivity index (χ2v) is 4.74. The van der Waals surface area contributed by atoms with Crippen molar-refractivity contribution < 1.29 is 9.84 Å². The highest BCUT2D eigenvalue weighted by Gasteiger charge is 2.26. The molecule has 2 rings (SSSR count). The quantitative estimate of drug-likeness (QED) is 0.788. The maximum absolute atomic E-state index is 9.19. The molecule has 0 aliphatic carbocycles. The first kappa shape index (κ1) is 12.5. The normalized spacial score (nSPS) is 25.0. The molecule has 17 heavy (non-hydrogen) atoms. The maximum Gasteiger partial charge on any atom is 0.0984 e. The fraction of sp³-hybridized carbons (Fsp3) is 0.500. The van der Waals surface area contributed by atoms with Crippen LogP contribution in [0.3, 0.4) is 0 Å². The first-order valence-corrected chi connectivity index (χ1v) is 6.05. The van der Waals surface area contributed by atoms with Crippen molar-refractivity contribution in [2.45, 2.75) is 19.1 Å². The summed E-state index contributed by atoms with van der Waals surface area (Å²) in [5.74, 6) is 0. The Balaban J connectivity index is 2.23. The Morgan fingerprint density at radius 3 is 3.00 bits per heavy atom. The summed E-state index contributed by atoms with van der Waals surface area (Å²) in [4.78, 5) is 2.11. The summed E-state index contributed by atoms with van der Waals surface area (Å²) in [6, 6.07) is 5.59. The van der Waals surface area contributed by atoms with E-state index in [4.69, 9.17) is 22.1 Å². The van der Waals surface area contributed by atoms with E-state index in [-0.39, 0.29) is 18.8 Å². The number of hydrogen-bond donors (Lipinski definition) is 2. The van der Waals surface area contributed by atoms with Crippen LogP contribution in [-0.2, 0) is 4.74 Å². The van der Waals surface area contributed by atoms with E-state index in [1.807, 2.05) is 19.1 Å². The average molecular weight is 257 g/mol. The van der Waals surface area contributed by atoms with Gasteiger partial charge in [-0.05, 0) is 19.1 Å². The van der Waals surface area contributed by atoms with Gasteiger partial charge < -0.3 is 20.5 Å². The van der Waals surface area contributed by atoms with Crippen molar-refractivity contribution in [2.75, 3.05) is 30.3 Å². The van der Waals surface area contributed by atoms with E-state index in [0.717, 1.165) is 12.2 Å². The van der Waals surface area contributed by atoms with Crippen LogP contribution in [0.15, 0.2) is 18.2 Å². The largest absolute Gasteiger partial charge is 0.396 e. The lowest BCUT2D eigenvalue weighted by atomic mass is 10.1. The number of para-hydroxylation sites is 1. The van der Waals surface area contributed by atoms with Crippen molar-refractivity contribution in [2.24, 2.45) is 0 Å². The maximum atomic E-state index is 9.19. The number of nitrogens with zero attached hydrogens (tertiary/aromatic N) is 1. The van der Waals surface area contributed by atoms with Crippen molar-refractivity contribution in [1.29, 1.82) is 0 Å². The molecule has 0 aromatic heterocycles. The highest BCUT2D eigenvalue weighted by molar-refractivity contribution is 6.33. The summed E-state index contributed by atoms with van der Waals surface area (Å²) in [5.41, 5.74) is 7.46. The smallest absolute Gasteiger partial charge is 0.0984 e. The number of rotatable bonds is 2. The third kappa shape index (κ3) is 2.65. The van der Waals surface area contributed by atoms with E-state index in [1.54, 1.807) is 6.07 Å². The number of benzene rings is 1. The SMILES string of the molecule is CC1CN(c2cccc(Cl)c2N)CC(CO)O1. The molecule has 1 saturated heterocycles. The minimum absolute atomic E-state index is 0.0152. The van der Waals surface area contributed by atoms with Gasteiger partial charge in [0.05, 0.1) is 35.2 Å². The highest BCUT2D eigenvalue weighted by atomic mass is 35.5. The van der Waals surface area contributed by atoms with Crippen LogP contribution in [0.25, 0.3) is 0 Å². The molecular formula is C12H17ClN2O2. The fourth-order valence-electron chi connectivity index (χ4n) is 2.14. The lowest BCUT2D eigenvalue weighted by Crippen LogP contribution is -2.48. The molecule has 2 unspecified atom stereocenters. The molecule has 1 aliphatic rings. The second kappa shape index (κ2) is 5.12. The van der Waals surface area contributed by atoms with Crippen molar-refractivity contribution in [1.82, 2.24) is 0 Å². The molecule has 1 aromatic carbocycles. The number of aliphatic hydroxyl groups excluding tert-OH is 1. The molecule has 5 heteroatoms. The number of nitrogen functional groups attached to an aromatic ring is 1. The van der Waals surface area contributed by atoms with E-state index in [9.17, 15) is 5.11 Å². The number of ether oxygens (including phenoxy) is 1. The summed E-state index contributed by atoms with van der Waals surface area (Å²) in [6.07, 6.45) is -0.101. The molecule has 1 fully saturated rings. The Labute approximate surface area is 106 Å². The van der Waals surface area contributed by atoms with E-state index >= 15 is 0 Å². The van der Waals surface area contributed by atoms with Crippen LogP contribution in [0.1, 0.15) is 6.92 Å². The van der Waals surface area contributed by atoms with Crippen LogP contribution in [-0.4, -0.2) is 37.0 Å². The number of hydrogen-bond acceptors (Lipinski definition) is 4. The monoisotopic (exact) mass is 256 g/mol. The van der Waals surface area contributed by atoms with Crippen molar-refractivity contribution in [3.05, 3.63) is 23.2 Å². The van der Waals surface area contributed by atoms with Crippen LogP contribution < -0.4 is 10.6 Å². The molecule has 0 bridgehead atoms. The van der Waals surface area contributed by atoms with Gasteiger partial charge in [-0.25, -0.2) is 0 Å². The Morgan fingerprint density at radius 2 is 2.29 bits per heavy atom. The fourth-order valence-corrected chi connectivity index (χ4v) is 2.31. The minimum Gasteiger partial charge on any atom is -0.396 e. The van der Waals surface area contributed by atoms with Gasteiger partial charge >= 0.3 is 0 Å².